The molecular weight excluding hydrogens is 254 g/mol. The molecule has 2 aromatic rings. The monoisotopic (exact) mass is 269 g/mol. The summed E-state index contributed by atoms with van der Waals surface area (Å²) in [5.41, 5.74) is 1.28. The Kier molecular flexibility index (Phi) is 3.37. The van der Waals surface area contributed by atoms with Gasteiger partial charge >= 0.3 is 0 Å². The minimum atomic E-state index is 0.583. The first-order chi connectivity index (χ1) is 8.38. The largest absolute Gasteiger partial charge is 0.379 e. The molecule has 0 unspecified atom stereocenters. The number of rotatable bonds is 5. The summed E-state index contributed by atoms with van der Waals surface area (Å²) in [6.07, 6.45) is 2.10. The van der Waals surface area contributed by atoms with Gasteiger partial charge in [-0.1, -0.05) is 18.7 Å². The molecule has 0 aromatic carbocycles. The van der Waals surface area contributed by atoms with Crippen LogP contribution in [-0.4, -0.2) is 34.4 Å². The second-order valence-electron chi connectivity index (χ2n) is 3.98. The Bertz CT molecular complexity index is 504. The highest BCUT2D eigenvalue weighted by atomic mass is 32.2. The normalized spacial score (nSPS) is 16.5. The van der Waals surface area contributed by atoms with Gasteiger partial charge in [-0.3, -0.25) is 4.40 Å². The van der Waals surface area contributed by atoms with Gasteiger partial charge in [0.2, 0.25) is 0 Å². The molecule has 0 bridgehead atoms. The van der Waals surface area contributed by atoms with Gasteiger partial charge < -0.3 is 10.1 Å². The molecule has 1 N–H and O–H groups in total. The van der Waals surface area contributed by atoms with Crippen molar-refractivity contribution in [1.29, 1.82) is 0 Å². The van der Waals surface area contributed by atoms with Crippen LogP contribution in [0.25, 0.3) is 4.96 Å². The van der Waals surface area contributed by atoms with Gasteiger partial charge in [0.15, 0.2) is 4.96 Å². The Labute approximate surface area is 108 Å². The third-order valence-electron chi connectivity index (χ3n) is 2.75. The summed E-state index contributed by atoms with van der Waals surface area (Å²) >= 11 is 3.54. The first-order valence-electron chi connectivity index (χ1n) is 5.78. The SMILES string of the molecule is CCNCc1c(SC2COC2)nc2sccn12. The molecule has 2 aromatic heterocycles. The lowest BCUT2D eigenvalue weighted by Gasteiger charge is -2.24. The molecule has 0 spiro atoms. The van der Waals surface area contributed by atoms with E-state index in [9.17, 15) is 0 Å². The Morgan fingerprint density at radius 3 is 3.24 bits per heavy atom. The van der Waals surface area contributed by atoms with E-state index >= 15 is 0 Å². The van der Waals surface area contributed by atoms with Crippen LogP contribution in [0.15, 0.2) is 16.6 Å². The minimum Gasteiger partial charge on any atom is -0.379 e. The zero-order valence-corrected chi connectivity index (χ0v) is 11.3. The number of imidazole rings is 1. The zero-order chi connectivity index (χ0) is 11.7. The summed E-state index contributed by atoms with van der Waals surface area (Å²) in [5.74, 6) is 0. The van der Waals surface area contributed by atoms with E-state index in [1.54, 1.807) is 11.3 Å². The molecule has 0 atom stereocenters. The Hall–Kier alpha value is -0.560. The highest BCUT2D eigenvalue weighted by Gasteiger charge is 2.23. The highest BCUT2D eigenvalue weighted by molar-refractivity contribution is 8.00. The second kappa shape index (κ2) is 4.97. The summed E-state index contributed by atoms with van der Waals surface area (Å²) in [6.45, 7) is 5.70. The Morgan fingerprint density at radius 2 is 2.53 bits per heavy atom. The van der Waals surface area contributed by atoms with Crippen LogP contribution < -0.4 is 5.32 Å². The molecule has 4 nitrogen and oxygen atoms in total. The summed E-state index contributed by atoms with van der Waals surface area (Å²) in [4.78, 5) is 5.78. The van der Waals surface area contributed by atoms with Gasteiger partial charge in [-0.15, -0.1) is 11.3 Å². The maximum atomic E-state index is 5.22. The molecule has 0 aliphatic carbocycles. The number of hydrogen-bond acceptors (Lipinski definition) is 5. The van der Waals surface area contributed by atoms with E-state index in [0.717, 1.165) is 36.3 Å². The van der Waals surface area contributed by atoms with Crippen LogP contribution >= 0.6 is 23.1 Å². The molecule has 1 aliphatic heterocycles. The number of aromatic nitrogens is 2. The van der Waals surface area contributed by atoms with Crippen molar-refractivity contribution in [3.05, 3.63) is 17.3 Å². The van der Waals surface area contributed by atoms with Gasteiger partial charge in [-0.05, 0) is 6.54 Å². The number of thiazole rings is 1. The third-order valence-corrected chi connectivity index (χ3v) is 4.66. The van der Waals surface area contributed by atoms with Crippen molar-refractivity contribution in [2.45, 2.75) is 23.7 Å². The van der Waals surface area contributed by atoms with Crippen molar-refractivity contribution in [2.75, 3.05) is 19.8 Å². The van der Waals surface area contributed by atoms with Crippen molar-refractivity contribution in [3.8, 4) is 0 Å². The van der Waals surface area contributed by atoms with E-state index < -0.39 is 0 Å². The molecule has 1 aliphatic rings. The van der Waals surface area contributed by atoms with Gasteiger partial charge in [-0.2, -0.15) is 0 Å². The summed E-state index contributed by atoms with van der Waals surface area (Å²) in [6, 6.07) is 0. The van der Waals surface area contributed by atoms with E-state index in [1.165, 1.54) is 5.69 Å². The maximum absolute atomic E-state index is 5.22. The van der Waals surface area contributed by atoms with E-state index in [-0.39, 0.29) is 0 Å². The zero-order valence-electron chi connectivity index (χ0n) is 9.68. The third kappa shape index (κ3) is 2.22. The first-order valence-corrected chi connectivity index (χ1v) is 7.54. The topological polar surface area (TPSA) is 38.6 Å². The molecule has 1 fully saturated rings. The fourth-order valence-electron chi connectivity index (χ4n) is 1.75. The molecule has 3 heterocycles. The lowest BCUT2D eigenvalue weighted by Crippen LogP contribution is -2.30. The minimum absolute atomic E-state index is 0.583. The van der Waals surface area contributed by atoms with E-state index in [1.807, 2.05) is 11.8 Å². The second-order valence-corrected chi connectivity index (χ2v) is 6.14. The van der Waals surface area contributed by atoms with E-state index in [0.29, 0.717) is 5.25 Å². The first kappa shape index (κ1) is 11.5. The van der Waals surface area contributed by atoms with Crippen molar-refractivity contribution in [3.63, 3.8) is 0 Å². The predicted molar refractivity (Wildman–Crippen MR) is 70.9 cm³/mol. The number of fused-ring (bicyclic) bond motifs is 1. The molecule has 0 radical (unpaired) electrons. The van der Waals surface area contributed by atoms with Crippen LogP contribution in [0.4, 0.5) is 0 Å². The van der Waals surface area contributed by atoms with Crippen LogP contribution in [0, 0.1) is 0 Å². The lowest BCUT2D eigenvalue weighted by atomic mass is 10.4. The van der Waals surface area contributed by atoms with E-state index in [2.05, 4.69) is 28.2 Å². The van der Waals surface area contributed by atoms with Gasteiger partial charge in [0.25, 0.3) is 0 Å². The molecule has 0 saturated carbocycles. The van der Waals surface area contributed by atoms with Crippen molar-refractivity contribution in [1.82, 2.24) is 14.7 Å². The predicted octanol–water partition coefficient (Wildman–Crippen LogP) is 2.00. The summed E-state index contributed by atoms with van der Waals surface area (Å²) < 4.78 is 7.40. The van der Waals surface area contributed by atoms with Crippen molar-refractivity contribution < 1.29 is 4.74 Å². The van der Waals surface area contributed by atoms with Gasteiger partial charge in [0.1, 0.15) is 5.03 Å². The van der Waals surface area contributed by atoms with Crippen LogP contribution in [0.2, 0.25) is 0 Å². The number of thioether (sulfide) groups is 1. The quantitative estimate of drug-likeness (QED) is 0.901. The molecule has 3 rings (SSSR count). The number of ether oxygens (including phenoxy) is 1. The smallest absolute Gasteiger partial charge is 0.194 e. The summed E-state index contributed by atoms with van der Waals surface area (Å²) in [5, 5.41) is 7.21. The Balaban J connectivity index is 1.87. The molecule has 17 heavy (non-hydrogen) atoms. The Morgan fingerprint density at radius 1 is 1.65 bits per heavy atom. The molecule has 92 valence electrons. The van der Waals surface area contributed by atoms with Gasteiger partial charge in [-0.25, -0.2) is 4.98 Å². The highest BCUT2D eigenvalue weighted by Crippen LogP contribution is 2.31. The van der Waals surface area contributed by atoms with E-state index in [4.69, 9.17) is 9.72 Å². The molecule has 0 amide bonds. The fourth-order valence-corrected chi connectivity index (χ4v) is 3.63. The standard InChI is InChI=1S/C11H15N3OS2/c1-2-12-5-9-10(17-8-6-15-7-8)13-11-14(9)3-4-16-11/h3-4,8,12H,2,5-7H2,1H3. The van der Waals surface area contributed by atoms with Gasteiger partial charge in [0.05, 0.1) is 24.2 Å². The fraction of sp³-hybridized carbons (Fsp3) is 0.545. The van der Waals surface area contributed by atoms with Crippen LogP contribution in [0.5, 0.6) is 0 Å². The van der Waals surface area contributed by atoms with Crippen LogP contribution in [-0.2, 0) is 11.3 Å². The van der Waals surface area contributed by atoms with Crippen molar-refractivity contribution in [2.24, 2.45) is 0 Å². The maximum Gasteiger partial charge on any atom is 0.194 e. The average Bonchev–Trinajstić information content (AvgIpc) is 2.81. The molecule has 1 saturated heterocycles. The number of nitrogens with zero attached hydrogens (tertiary/aromatic N) is 2. The number of hydrogen-bond donors (Lipinski definition) is 1. The molecular formula is C11H15N3OS2. The van der Waals surface area contributed by atoms with Crippen molar-refractivity contribution >= 4 is 28.1 Å². The van der Waals surface area contributed by atoms with Crippen LogP contribution in [0.1, 0.15) is 12.6 Å². The van der Waals surface area contributed by atoms with Crippen LogP contribution in [0.3, 0.4) is 0 Å². The average molecular weight is 269 g/mol. The lowest BCUT2D eigenvalue weighted by molar-refractivity contribution is 0.0454. The van der Waals surface area contributed by atoms with Gasteiger partial charge in [0, 0.05) is 18.1 Å². The number of nitrogens with one attached hydrogen (secondary N) is 1. The summed E-state index contributed by atoms with van der Waals surface area (Å²) in [7, 11) is 0. The molecule has 6 heteroatoms.